The monoisotopic (exact) mass is 278 g/mol. The van der Waals surface area contributed by atoms with E-state index in [1.165, 1.54) is 0 Å². The molecular weight excluding hydrogens is 256 g/mol. The van der Waals surface area contributed by atoms with Crippen LogP contribution in [-0.4, -0.2) is 45.4 Å². The molecule has 0 aromatic heterocycles. The number of methoxy groups -OCH3 is 1. The van der Waals surface area contributed by atoms with Crippen molar-refractivity contribution in [3.63, 3.8) is 0 Å². The lowest BCUT2D eigenvalue weighted by Gasteiger charge is -2.27. The summed E-state index contributed by atoms with van der Waals surface area (Å²) in [4.78, 5) is 14.2. The Hall–Kier alpha value is -1.59. The average molecular weight is 278 g/mol. The first-order valence-electron chi connectivity index (χ1n) is 7.00. The number of morpholine rings is 1. The third-order valence-corrected chi connectivity index (χ3v) is 3.40. The number of rotatable bonds is 5. The second kappa shape index (κ2) is 7.26. The molecule has 1 unspecified atom stereocenters. The Labute approximate surface area is 119 Å². The molecule has 20 heavy (non-hydrogen) atoms. The van der Waals surface area contributed by atoms with Gasteiger partial charge in [0.25, 0.3) is 0 Å². The first kappa shape index (κ1) is 14.8. The number of carbonyl (C=O) groups excluding carboxylic acids is 1. The Morgan fingerprint density at radius 2 is 2.40 bits per heavy atom. The summed E-state index contributed by atoms with van der Waals surface area (Å²) in [5.41, 5.74) is 0.869. The lowest BCUT2D eigenvalue weighted by Crippen LogP contribution is -2.45. The zero-order valence-corrected chi connectivity index (χ0v) is 12.1. The molecule has 1 aliphatic heterocycles. The van der Waals surface area contributed by atoms with Gasteiger partial charge in [-0.2, -0.15) is 0 Å². The van der Waals surface area contributed by atoms with Gasteiger partial charge >= 0.3 is 0 Å². The van der Waals surface area contributed by atoms with E-state index in [9.17, 15) is 4.79 Å². The van der Waals surface area contributed by atoms with E-state index in [4.69, 9.17) is 9.47 Å². The minimum atomic E-state index is 0.101. The van der Waals surface area contributed by atoms with Crippen molar-refractivity contribution in [3.05, 3.63) is 24.3 Å². The molecule has 0 spiro atoms. The van der Waals surface area contributed by atoms with E-state index >= 15 is 0 Å². The van der Waals surface area contributed by atoms with Gasteiger partial charge in [0.2, 0.25) is 5.91 Å². The van der Waals surface area contributed by atoms with Crippen LogP contribution >= 0.6 is 0 Å². The molecule has 1 aliphatic rings. The van der Waals surface area contributed by atoms with Crippen LogP contribution in [0.5, 0.6) is 5.75 Å². The van der Waals surface area contributed by atoms with Gasteiger partial charge in [-0.05, 0) is 19.1 Å². The smallest absolute Gasteiger partial charge is 0.228 e. The maximum atomic E-state index is 12.4. The number of amides is 1. The van der Waals surface area contributed by atoms with Crippen molar-refractivity contribution in [2.24, 2.45) is 0 Å². The second-order valence-electron chi connectivity index (χ2n) is 4.77. The molecule has 1 aromatic rings. The number of ether oxygens (including phenoxy) is 2. The fourth-order valence-corrected chi connectivity index (χ4v) is 2.35. The van der Waals surface area contributed by atoms with E-state index in [1.54, 1.807) is 12.0 Å². The van der Waals surface area contributed by atoms with Crippen molar-refractivity contribution in [2.75, 3.05) is 38.3 Å². The van der Waals surface area contributed by atoms with Crippen LogP contribution in [0.1, 0.15) is 13.3 Å². The molecule has 1 amide bonds. The lowest BCUT2D eigenvalue weighted by atomic mass is 10.1. The summed E-state index contributed by atoms with van der Waals surface area (Å²) in [6.07, 6.45) is 0.449. The van der Waals surface area contributed by atoms with Gasteiger partial charge in [0.1, 0.15) is 5.75 Å². The Morgan fingerprint density at radius 1 is 1.55 bits per heavy atom. The summed E-state index contributed by atoms with van der Waals surface area (Å²) in [7, 11) is 1.63. The number of nitrogens with one attached hydrogen (secondary N) is 1. The number of nitrogens with zero attached hydrogens (tertiary/aromatic N) is 1. The van der Waals surface area contributed by atoms with Crippen molar-refractivity contribution in [1.82, 2.24) is 5.32 Å². The molecule has 0 bridgehead atoms. The molecule has 1 saturated heterocycles. The predicted octanol–water partition coefficient (Wildman–Crippen LogP) is 1.43. The fourth-order valence-electron chi connectivity index (χ4n) is 2.35. The Morgan fingerprint density at radius 3 is 3.05 bits per heavy atom. The standard InChI is InChI=1S/C15H22N2O3/c1-3-17(13-5-4-6-14(10-13)19-2)15(18)9-12-11-20-8-7-16-12/h4-6,10,12,16H,3,7-9,11H2,1-2H3. The molecule has 1 fully saturated rings. The molecule has 0 saturated carbocycles. The summed E-state index contributed by atoms with van der Waals surface area (Å²) in [6.45, 7) is 4.74. The van der Waals surface area contributed by atoms with Crippen molar-refractivity contribution in [2.45, 2.75) is 19.4 Å². The van der Waals surface area contributed by atoms with E-state index in [-0.39, 0.29) is 11.9 Å². The summed E-state index contributed by atoms with van der Waals surface area (Å²) >= 11 is 0. The highest BCUT2D eigenvalue weighted by Crippen LogP contribution is 2.21. The van der Waals surface area contributed by atoms with Gasteiger partial charge in [0, 0.05) is 37.3 Å². The van der Waals surface area contributed by atoms with E-state index < -0.39 is 0 Å². The number of anilines is 1. The van der Waals surface area contributed by atoms with Crippen LogP contribution in [0, 0.1) is 0 Å². The van der Waals surface area contributed by atoms with Crippen LogP contribution in [0.25, 0.3) is 0 Å². The third-order valence-electron chi connectivity index (χ3n) is 3.40. The average Bonchev–Trinajstić information content (AvgIpc) is 2.49. The molecule has 1 N–H and O–H groups in total. The Balaban J connectivity index is 2.04. The topological polar surface area (TPSA) is 50.8 Å². The summed E-state index contributed by atoms with van der Waals surface area (Å²) < 4.78 is 10.6. The second-order valence-corrected chi connectivity index (χ2v) is 4.77. The quantitative estimate of drug-likeness (QED) is 0.885. The molecule has 5 heteroatoms. The van der Waals surface area contributed by atoms with Crippen molar-refractivity contribution >= 4 is 11.6 Å². The predicted molar refractivity (Wildman–Crippen MR) is 78.2 cm³/mol. The maximum absolute atomic E-state index is 12.4. The van der Waals surface area contributed by atoms with E-state index in [0.29, 0.717) is 19.6 Å². The highest BCUT2D eigenvalue weighted by molar-refractivity contribution is 5.93. The van der Waals surface area contributed by atoms with Crippen LogP contribution in [0.15, 0.2) is 24.3 Å². The first-order valence-corrected chi connectivity index (χ1v) is 7.00. The SMILES string of the molecule is CCN(C(=O)CC1COCCN1)c1cccc(OC)c1. The van der Waals surface area contributed by atoms with E-state index in [2.05, 4.69) is 5.32 Å². The van der Waals surface area contributed by atoms with Crippen molar-refractivity contribution < 1.29 is 14.3 Å². The first-order chi connectivity index (χ1) is 9.74. The third kappa shape index (κ3) is 3.71. The molecule has 0 radical (unpaired) electrons. The van der Waals surface area contributed by atoms with E-state index in [0.717, 1.165) is 24.6 Å². The molecule has 5 nitrogen and oxygen atoms in total. The van der Waals surface area contributed by atoms with Gasteiger partial charge in [0.05, 0.1) is 20.3 Å². The number of hydrogen-bond acceptors (Lipinski definition) is 4. The van der Waals surface area contributed by atoms with Gasteiger partial charge in [-0.1, -0.05) is 6.07 Å². The van der Waals surface area contributed by atoms with Crippen molar-refractivity contribution in [1.29, 1.82) is 0 Å². The van der Waals surface area contributed by atoms with Gasteiger partial charge in [0.15, 0.2) is 0 Å². The molecule has 1 heterocycles. The van der Waals surface area contributed by atoms with Crippen LogP contribution in [0.3, 0.4) is 0 Å². The van der Waals surface area contributed by atoms with Gasteiger partial charge < -0.3 is 19.7 Å². The minimum absolute atomic E-state index is 0.101. The van der Waals surface area contributed by atoms with Gasteiger partial charge in [-0.3, -0.25) is 4.79 Å². The van der Waals surface area contributed by atoms with Crippen LogP contribution in [0.4, 0.5) is 5.69 Å². The van der Waals surface area contributed by atoms with Crippen molar-refractivity contribution in [3.8, 4) is 5.75 Å². The van der Waals surface area contributed by atoms with Gasteiger partial charge in [-0.25, -0.2) is 0 Å². The summed E-state index contributed by atoms with van der Waals surface area (Å²) in [6, 6.07) is 7.68. The molecule has 1 atom stereocenters. The molecule has 2 rings (SSSR count). The Bertz CT molecular complexity index is 444. The number of benzene rings is 1. The molecule has 1 aromatic carbocycles. The number of carbonyl (C=O) groups is 1. The van der Waals surface area contributed by atoms with Crippen LogP contribution in [0.2, 0.25) is 0 Å². The summed E-state index contributed by atoms with van der Waals surface area (Å²) in [5.74, 6) is 0.858. The fraction of sp³-hybridized carbons (Fsp3) is 0.533. The summed E-state index contributed by atoms with van der Waals surface area (Å²) in [5, 5.41) is 3.31. The van der Waals surface area contributed by atoms with Crippen LogP contribution < -0.4 is 15.0 Å². The highest BCUT2D eigenvalue weighted by atomic mass is 16.5. The zero-order valence-electron chi connectivity index (χ0n) is 12.1. The molecule has 0 aliphatic carbocycles. The molecular formula is C15H22N2O3. The van der Waals surface area contributed by atoms with Gasteiger partial charge in [-0.15, -0.1) is 0 Å². The Kier molecular flexibility index (Phi) is 5.38. The maximum Gasteiger partial charge on any atom is 0.228 e. The largest absolute Gasteiger partial charge is 0.497 e. The highest BCUT2D eigenvalue weighted by Gasteiger charge is 2.21. The number of hydrogen-bond donors (Lipinski definition) is 1. The zero-order chi connectivity index (χ0) is 14.4. The minimum Gasteiger partial charge on any atom is -0.497 e. The van der Waals surface area contributed by atoms with E-state index in [1.807, 2.05) is 31.2 Å². The van der Waals surface area contributed by atoms with Crippen LogP contribution in [-0.2, 0) is 9.53 Å². The lowest BCUT2D eigenvalue weighted by molar-refractivity contribution is -0.119. The molecule has 110 valence electrons. The normalized spacial score (nSPS) is 18.6.